The predicted molar refractivity (Wildman–Crippen MR) is 82.0 cm³/mol. The third-order valence-corrected chi connectivity index (χ3v) is 4.66. The summed E-state index contributed by atoms with van der Waals surface area (Å²) in [6.07, 6.45) is 2.57. The summed E-state index contributed by atoms with van der Waals surface area (Å²) in [5.41, 5.74) is 1.03. The molecular weight excluding hydrogens is 264 g/mol. The second-order valence-corrected chi connectivity index (χ2v) is 6.14. The molecule has 1 saturated carbocycles. The number of amides is 1. The van der Waals surface area contributed by atoms with Gasteiger partial charge in [-0.1, -0.05) is 30.3 Å². The highest BCUT2D eigenvalue weighted by molar-refractivity contribution is 5.67. The van der Waals surface area contributed by atoms with Gasteiger partial charge in [0.25, 0.3) is 0 Å². The highest BCUT2D eigenvalue weighted by Crippen LogP contribution is 2.35. The minimum absolute atomic E-state index is 0.183. The van der Waals surface area contributed by atoms with Crippen LogP contribution in [0.2, 0.25) is 0 Å². The first-order valence-electron chi connectivity index (χ1n) is 7.94. The number of carbonyl (C=O) groups is 1. The lowest BCUT2D eigenvalue weighted by Gasteiger charge is -2.37. The SMILES string of the molecule is CC(C1CC1)N1CCN(C(=O)OCc2ccccc2)CC1. The number of benzene rings is 1. The number of piperazine rings is 1. The molecule has 0 aromatic heterocycles. The van der Waals surface area contributed by atoms with Crippen molar-refractivity contribution in [2.24, 2.45) is 5.92 Å². The van der Waals surface area contributed by atoms with E-state index in [1.54, 1.807) is 0 Å². The van der Waals surface area contributed by atoms with E-state index in [0.29, 0.717) is 12.6 Å². The van der Waals surface area contributed by atoms with Crippen LogP contribution in [0, 0.1) is 5.92 Å². The number of carbonyl (C=O) groups excluding carboxylic acids is 1. The van der Waals surface area contributed by atoms with Gasteiger partial charge in [-0.25, -0.2) is 4.79 Å². The highest BCUT2D eigenvalue weighted by atomic mass is 16.6. The maximum Gasteiger partial charge on any atom is 0.410 e. The average Bonchev–Trinajstić information content (AvgIpc) is 3.38. The quantitative estimate of drug-likeness (QED) is 0.854. The van der Waals surface area contributed by atoms with Crippen LogP contribution in [0.1, 0.15) is 25.3 Å². The zero-order chi connectivity index (χ0) is 14.7. The fraction of sp³-hybridized carbons (Fsp3) is 0.588. The van der Waals surface area contributed by atoms with E-state index in [9.17, 15) is 4.79 Å². The number of hydrogen-bond donors (Lipinski definition) is 0. The van der Waals surface area contributed by atoms with Crippen molar-refractivity contribution in [2.75, 3.05) is 26.2 Å². The van der Waals surface area contributed by atoms with Crippen molar-refractivity contribution in [1.29, 1.82) is 0 Å². The van der Waals surface area contributed by atoms with E-state index in [0.717, 1.165) is 37.7 Å². The smallest absolute Gasteiger partial charge is 0.410 e. The van der Waals surface area contributed by atoms with Gasteiger partial charge >= 0.3 is 6.09 Å². The van der Waals surface area contributed by atoms with Gasteiger partial charge in [-0.3, -0.25) is 4.90 Å². The third kappa shape index (κ3) is 3.76. The summed E-state index contributed by atoms with van der Waals surface area (Å²) in [7, 11) is 0. The molecule has 2 fully saturated rings. The first-order chi connectivity index (χ1) is 10.2. The van der Waals surface area contributed by atoms with Crippen LogP contribution in [0.25, 0.3) is 0 Å². The summed E-state index contributed by atoms with van der Waals surface area (Å²) in [6, 6.07) is 10.5. The van der Waals surface area contributed by atoms with Crippen LogP contribution in [-0.2, 0) is 11.3 Å². The summed E-state index contributed by atoms with van der Waals surface area (Å²) >= 11 is 0. The Labute approximate surface area is 126 Å². The maximum atomic E-state index is 12.1. The average molecular weight is 288 g/mol. The Kier molecular flexibility index (Phi) is 4.44. The molecule has 0 radical (unpaired) electrons. The highest BCUT2D eigenvalue weighted by Gasteiger charge is 2.34. The number of rotatable bonds is 4. The second-order valence-electron chi connectivity index (χ2n) is 6.14. The van der Waals surface area contributed by atoms with Crippen molar-refractivity contribution in [3.8, 4) is 0 Å². The minimum atomic E-state index is -0.183. The standard InChI is InChI=1S/C17H24N2O2/c1-14(16-7-8-16)18-9-11-19(12-10-18)17(20)21-13-15-5-3-2-4-6-15/h2-6,14,16H,7-13H2,1H3. The summed E-state index contributed by atoms with van der Waals surface area (Å²) in [6.45, 7) is 6.19. The number of hydrogen-bond acceptors (Lipinski definition) is 3. The summed E-state index contributed by atoms with van der Waals surface area (Å²) in [4.78, 5) is 16.4. The molecule has 0 N–H and O–H groups in total. The Hall–Kier alpha value is -1.55. The van der Waals surface area contributed by atoms with Gasteiger partial charge in [-0.15, -0.1) is 0 Å². The number of ether oxygens (including phenoxy) is 1. The second kappa shape index (κ2) is 6.48. The van der Waals surface area contributed by atoms with Crippen LogP contribution in [0.15, 0.2) is 30.3 Å². The predicted octanol–water partition coefficient (Wildman–Crippen LogP) is 2.74. The molecular formula is C17H24N2O2. The molecule has 1 aliphatic carbocycles. The lowest BCUT2D eigenvalue weighted by molar-refractivity contribution is 0.0590. The zero-order valence-corrected chi connectivity index (χ0v) is 12.7. The van der Waals surface area contributed by atoms with E-state index in [1.165, 1.54) is 12.8 Å². The Balaban J connectivity index is 1.42. The molecule has 1 amide bonds. The third-order valence-electron chi connectivity index (χ3n) is 4.66. The lowest BCUT2D eigenvalue weighted by Crippen LogP contribution is -2.51. The van der Waals surface area contributed by atoms with Crippen LogP contribution >= 0.6 is 0 Å². The van der Waals surface area contributed by atoms with Gasteiger partial charge < -0.3 is 9.64 Å². The Morgan fingerprint density at radius 3 is 2.48 bits per heavy atom. The lowest BCUT2D eigenvalue weighted by atomic mass is 10.1. The minimum Gasteiger partial charge on any atom is -0.445 e. The molecule has 21 heavy (non-hydrogen) atoms. The van der Waals surface area contributed by atoms with Crippen molar-refractivity contribution in [2.45, 2.75) is 32.4 Å². The Morgan fingerprint density at radius 1 is 1.19 bits per heavy atom. The first-order valence-corrected chi connectivity index (χ1v) is 7.94. The maximum absolute atomic E-state index is 12.1. The Morgan fingerprint density at radius 2 is 1.86 bits per heavy atom. The normalized spacial score (nSPS) is 21.1. The number of nitrogens with zero attached hydrogens (tertiary/aromatic N) is 2. The topological polar surface area (TPSA) is 32.8 Å². The molecule has 1 aromatic rings. The van der Waals surface area contributed by atoms with Gasteiger partial charge in [0.05, 0.1) is 0 Å². The molecule has 1 saturated heterocycles. The zero-order valence-electron chi connectivity index (χ0n) is 12.7. The van der Waals surface area contributed by atoms with Crippen molar-refractivity contribution < 1.29 is 9.53 Å². The van der Waals surface area contributed by atoms with Gasteiger partial charge in [0.1, 0.15) is 6.61 Å². The monoisotopic (exact) mass is 288 g/mol. The van der Waals surface area contributed by atoms with Gasteiger partial charge in [0, 0.05) is 32.2 Å². The van der Waals surface area contributed by atoms with E-state index in [1.807, 2.05) is 35.2 Å². The van der Waals surface area contributed by atoms with Gasteiger partial charge in [-0.2, -0.15) is 0 Å². The molecule has 4 nitrogen and oxygen atoms in total. The van der Waals surface area contributed by atoms with Crippen molar-refractivity contribution in [3.63, 3.8) is 0 Å². The molecule has 1 unspecified atom stereocenters. The van der Waals surface area contributed by atoms with E-state index >= 15 is 0 Å². The molecule has 1 aliphatic heterocycles. The molecule has 1 aromatic carbocycles. The van der Waals surface area contributed by atoms with Crippen LogP contribution in [0.5, 0.6) is 0 Å². The molecule has 4 heteroatoms. The molecule has 2 aliphatic rings. The first kappa shape index (κ1) is 14.4. The van der Waals surface area contributed by atoms with Crippen molar-refractivity contribution in [1.82, 2.24) is 9.80 Å². The van der Waals surface area contributed by atoms with Gasteiger partial charge in [0.15, 0.2) is 0 Å². The molecule has 0 spiro atoms. The van der Waals surface area contributed by atoms with Gasteiger partial charge in [-0.05, 0) is 31.2 Å². The fourth-order valence-electron chi connectivity index (χ4n) is 3.00. The van der Waals surface area contributed by atoms with Crippen LogP contribution in [-0.4, -0.2) is 48.1 Å². The summed E-state index contributed by atoms with van der Waals surface area (Å²) in [5.74, 6) is 0.890. The molecule has 114 valence electrons. The molecule has 3 rings (SSSR count). The van der Waals surface area contributed by atoms with E-state index < -0.39 is 0 Å². The van der Waals surface area contributed by atoms with E-state index in [4.69, 9.17) is 4.74 Å². The largest absolute Gasteiger partial charge is 0.445 e. The van der Waals surface area contributed by atoms with Crippen molar-refractivity contribution in [3.05, 3.63) is 35.9 Å². The molecule has 1 atom stereocenters. The summed E-state index contributed by atoms with van der Waals surface area (Å²) < 4.78 is 5.39. The fourth-order valence-corrected chi connectivity index (χ4v) is 3.00. The van der Waals surface area contributed by atoms with E-state index in [-0.39, 0.29) is 6.09 Å². The van der Waals surface area contributed by atoms with Crippen LogP contribution in [0.3, 0.4) is 0 Å². The van der Waals surface area contributed by atoms with Crippen LogP contribution in [0.4, 0.5) is 4.79 Å². The summed E-state index contributed by atoms with van der Waals surface area (Å²) in [5, 5.41) is 0. The van der Waals surface area contributed by atoms with Crippen LogP contribution < -0.4 is 0 Å². The van der Waals surface area contributed by atoms with E-state index in [2.05, 4.69) is 11.8 Å². The molecule has 0 bridgehead atoms. The Bertz CT molecular complexity index is 465. The van der Waals surface area contributed by atoms with Gasteiger partial charge in [0.2, 0.25) is 0 Å². The van der Waals surface area contributed by atoms with Crippen molar-refractivity contribution >= 4 is 6.09 Å². The molecule has 1 heterocycles.